The maximum absolute atomic E-state index is 14.3. The highest BCUT2D eigenvalue weighted by atomic mass is 19.1. The van der Waals surface area contributed by atoms with Crippen LogP contribution in [0.3, 0.4) is 0 Å². The third-order valence-corrected chi connectivity index (χ3v) is 4.91. The molecule has 0 saturated carbocycles. The number of aryl methyl sites for hydroxylation is 1. The Morgan fingerprint density at radius 3 is 2.71 bits per heavy atom. The average molecular weight is 377 g/mol. The zero-order chi connectivity index (χ0) is 19.8. The predicted octanol–water partition coefficient (Wildman–Crippen LogP) is 2.80. The van der Waals surface area contributed by atoms with Crippen molar-refractivity contribution in [3.8, 4) is 6.07 Å². The van der Waals surface area contributed by atoms with Gasteiger partial charge in [0.2, 0.25) is 0 Å². The normalized spacial score (nSPS) is 14.6. The Kier molecular flexibility index (Phi) is 4.35. The number of fused-ring (bicyclic) bond motifs is 1. The molecule has 0 atom stereocenters. The SMILES string of the molecule is Cn1cc2cc(N=C(N)c3c(N)cc(N4CCCC4)cc3C#N)cc(F)c2n1. The molecular formula is C20H20FN7. The molecule has 3 aromatic rings. The van der Waals surface area contributed by atoms with Crippen molar-refractivity contribution in [1.82, 2.24) is 9.78 Å². The molecule has 0 bridgehead atoms. The van der Waals surface area contributed by atoms with E-state index < -0.39 is 5.82 Å². The number of aliphatic imine (C=N–C) groups is 1. The molecule has 1 aliphatic rings. The molecule has 142 valence electrons. The van der Waals surface area contributed by atoms with Crippen LogP contribution >= 0.6 is 0 Å². The van der Waals surface area contributed by atoms with E-state index in [1.54, 1.807) is 25.4 Å². The second-order valence-corrected chi connectivity index (χ2v) is 6.93. The number of aromatic nitrogens is 2. The van der Waals surface area contributed by atoms with Crippen LogP contribution in [-0.2, 0) is 7.05 Å². The van der Waals surface area contributed by atoms with Crippen molar-refractivity contribution in [2.45, 2.75) is 12.8 Å². The molecule has 2 aromatic carbocycles. The molecule has 1 saturated heterocycles. The Bertz CT molecular complexity index is 1130. The van der Waals surface area contributed by atoms with Crippen LogP contribution < -0.4 is 16.4 Å². The standard InChI is InChI=1S/C20H20FN7/c1-27-11-13-6-14(8-16(21)19(13)26-27)25-20(24)18-12(10-22)7-15(9-17(18)23)28-4-2-3-5-28/h6-9,11H,2-5,23H2,1H3,(H2,24,25). The van der Waals surface area contributed by atoms with Gasteiger partial charge < -0.3 is 16.4 Å². The molecule has 2 heterocycles. The van der Waals surface area contributed by atoms with Crippen molar-refractivity contribution in [3.05, 3.63) is 47.4 Å². The minimum atomic E-state index is -0.484. The van der Waals surface area contributed by atoms with Gasteiger partial charge in [0.25, 0.3) is 0 Å². The second-order valence-electron chi connectivity index (χ2n) is 6.93. The summed E-state index contributed by atoms with van der Waals surface area (Å²) in [4.78, 5) is 6.51. The van der Waals surface area contributed by atoms with Gasteiger partial charge in [0, 0.05) is 49.2 Å². The fourth-order valence-electron chi connectivity index (χ4n) is 3.64. The number of hydrogen-bond acceptors (Lipinski definition) is 5. The first kappa shape index (κ1) is 17.8. The first-order chi connectivity index (χ1) is 13.5. The summed E-state index contributed by atoms with van der Waals surface area (Å²) in [5.74, 6) is -0.410. The van der Waals surface area contributed by atoms with E-state index in [4.69, 9.17) is 11.5 Å². The number of amidine groups is 1. The van der Waals surface area contributed by atoms with Gasteiger partial charge >= 0.3 is 0 Å². The van der Waals surface area contributed by atoms with Gasteiger partial charge in [0.15, 0.2) is 5.82 Å². The van der Waals surface area contributed by atoms with Crippen LogP contribution in [-0.4, -0.2) is 28.7 Å². The average Bonchev–Trinajstić information content (AvgIpc) is 3.30. The van der Waals surface area contributed by atoms with Crippen molar-refractivity contribution in [2.75, 3.05) is 23.7 Å². The van der Waals surface area contributed by atoms with E-state index in [2.05, 4.69) is 21.1 Å². The molecule has 7 nitrogen and oxygen atoms in total. The zero-order valence-electron chi connectivity index (χ0n) is 15.5. The van der Waals surface area contributed by atoms with Gasteiger partial charge in [-0.25, -0.2) is 9.38 Å². The van der Waals surface area contributed by atoms with Crippen molar-refractivity contribution in [2.24, 2.45) is 17.8 Å². The Hall–Kier alpha value is -3.60. The molecule has 0 spiro atoms. The second kappa shape index (κ2) is 6.85. The molecule has 4 N–H and O–H groups in total. The summed E-state index contributed by atoms with van der Waals surface area (Å²) in [7, 11) is 1.72. The lowest BCUT2D eigenvalue weighted by atomic mass is 10.0. The third-order valence-electron chi connectivity index (χ3n) is 4.91. The smallest absolute Gasteiger partial charge is 0.153 e. The summed E-state index contributed by atoms with van der Waals surface area (Å²) in [6.45, 7) is 1.88. The first-order valence-corrected chi connectivity index (χ1v) is 9.02. The van der Waals surface area contributed by atoms with Crippen molar-refractivity contribution < 1.29 is 4.39 Å². The van der Waals surface area contributed by atoms with E-state index >= 15 is 0 Å². The van der Waals surface area contributed by atoms with E-state index in [1.807, 2.05) is 6.07 Å². The number of nitrogens with zero attached hydrogens (tertiary/aromatic N) is 5. The lowest BCUT2D eigenvalue weighted by Gasteiger charge is -2.20. The highest BCUT2D eigenvalue weighted by molar-refractivity contribution is 6.06. The summed E-state index contributed by atoms with van der Waals surface area (Å²) < 4.78 is 15.8. The van der Waals surface area contributed by atoms with Crippen LogP contribution in [0.25, 0.3) is 10.9 Å². The molecule has 0 amide bonds. The summed E-state index contributed by atoms with van der Waals surface area (Å²) in [6.07, 6.45) is 3.94. The zero-order valence-corrected chi connectivity index (χ0v) is 15.5. The van der Waals surface area contributed by atoms with Gasteiger partial charge in [0.1, 0.15) is 17.4 Å². The van der Waals surface area contributed by atoms with Crippen LogP contribution in [0.15, 0.2) is 35.5 Å². The van der Waals surface area contributed by atoms with Gasteiger partial charge in [-0.2, -0.15) is 10.4 Å². The van der Waals surface area contributed by atoms with Gasteiger partial charge in [-0.3, -0.25) is 4.68 Å². The van der Waals surface area contributed by atoms with Crippen molar-refractivity contribution in [3.63, 3.8) is 0 Å². The summed E-state index contributed by atoms with van der Waals surface area (Å²) >= 11 is 0. The molecule has 1 aliphatic heterocycles. The number of nitrogens with two attached hydrogens (primary N) is 2. The molecule has 1 aromatic heterocycles. The van der Waals surface area contributed by atoms with E-state index in [0.717, 1.165) is 31.6 Å². The molecule has 1 fully saturated rings. The Morgan fingerprint density at radius 1 is 1.25 bits per heavy atom. The monoisotopic (exact) mass is 377 g/mol. The number of anilines is 2. The maximum atomic E-state index is 14.3. The van der Waals surface area contributed by atoms with Gasteiger partial charge in [-0.15, -0.1) is 0 Å². The van der Waals surface area contributed by atoms with Gasteiger partial charge in [0.05, 0.1) is 16.8 Å². The lowest BCUT2D eigenvalue weighted by Crippen LogP contribution is -2.21. The Balaban J connectivity index is 1.76. The molecule has 0 unspecified atom stereocenters. The van der Waals surface area contributed by atoms with Crippen LogP contribution in [0.5, 0.6) is 0 Å². The van der Waals surface area contributed by atoms with Crippen molar-refractivity contribution in [1.29, 1.82) is 5.26 Å². The largest absolute Gasteiger partial charge is 0.398 e. The molecule has 28 heavy (non-hydrogen) atoms. The molecule has 8 heteroatoms. The first-order valence-electron chi connectivity index (χ1n) is 9.02. The quantitative estimate of drug-likeness (QED) is 0.414. The van der Waals surface area contributed by atoms with E-state index in [0.29, 0.717) is 27.9 Å². The Labute approximate surface area is 161 Å². The minimum absolute atomic E-state index is 0.0738. The lowest BCUT2D eigenvalue weighted by molar-refractivity contribution is 0.632. The highest BCUT2D eigenvalue weighted by Crippen LogP contribution is 2.29. The molecule has 0 radical (unpaired) electrons. The molecule has 4 rings (SSSR count). The summed E-state index contributed by atoms with van der Waals surface area (Å²) in [6, 6.07) is 8.71. The third kappa shape index (κ3) is 3.11. The highest BCUT2D eigenvalue weighted by Gasteiger charge is 2.18. The number of benzene rings is 2. The molecule has 0 aliphatic carbocycles. The molecular weight excluding hydrogens is 357 g/mol. The van der Waals surface area contributed by atoms with E-state index in [-0.39, 0.29) is 11.4 Å². The fraction of sp³-hybridized carbons (Fsp3) is 0.250. The van der Waals surface area contributed by atoms with Crippen LogP contribution in [0, 0.1) is 17.1 Å². The van der Waals surface area contributed by atoms with Crippen LogP contribution in [0.4, 0.5) is 21.5 Å². The minimum Gasteiger partial charge on any atom is -0.398 e. The number of nitriles is 1. The maximum Gasteiger partial charge on any atom is 0.153 e. The number of hydrogen-bond donors (Lipinski definition) is 2. The number of nitrogen functional groups attached to an aromatic ring is 1. The van der Waals surface area contributed by atoms with Crippen molar-refractivity contribution >= 4 is 33.8 Å². The summed E-state index contributed by atoms with van der Waals surface area (Å²) in [5.41, 5.74) is 15.0. The van der Waals surface area contributed by atoms with Crippen LogP contribution in [0.2, 0.25) is 0 Å². The predicted molar refractivity (Wildman–Crippen MR) is 108 cm³/mol. The van der Waals surface area contributed by atoms with Gasteiger partial charge in [-0.1, -0.05) is 0 Å². The van der Waals surface area contributed by atoms with E-state index in [1.165, 1.54) is 10.7 Å². The number of halogens is 1. The number of rotatable bonds is 3. The Morgan fingerprint density at radius 2 is 2.00 bits per heavy atom. The van der Waals surface area contributed by atoms with E-state index in [9.17, 15) is 9.65 Å². The topological polar surface area (TPSA) is 109 Å². The van der Waals surface area contributed by atoms with Crippen LogP contribution in [0.1, 0.15) is 24.0 Å². The fourth-order valence-corrected chi connectivity index (χ4v) is 3.64. The summed E-state index contributed by atoms with van der Waals surface area (Å²) in [5, 5.41) is 14.3. The van der Waals surface area contributed by atoms with Gasteiger partial charge in [-0.05, 0) is 31.0 Å².